The zero-order valence-electron chi connectivity index (χ0n) is 7.21. The fourth-order valence-electron chi connectivity index (χ4n) is 2.37. The van der Waals surface area contributed by atoms with Gasteiger partial charge in [-0.25, -0.2) is 0 Å². The molecule has 2 aliphatic rings. The summed E-state index contributed by atoms with van der Waals surface area (Å²) in [5.74, 6) is 2.88. The third-order valence-corrected chi connectivity index (χ3v) is 3.16. The van der Waals surface area contributed by atoms with Crippen molar-refractivity contribution in [1.29, 1.82) is 0 Å². The Labute approximate surface area is 72.4 Å². The molecule has 0 radical (unpaired) electrons. The molecule has 1 saturated carbocycles. The standard InChI is InChI=1S/C11H12O/c1-12-9-3-2-7-4-8-5-10(8)11(7)6-9/h2-3,6,8,10H,4-5H2,1H3. The molecule has 0 saturated heterocycles. The molecule has 0 bridgehead atoms. The zero-order chi connectivity index (χ0) is 8.13. The van der Waals surface area contributed by atoms with E-state index in [0.717, 1.165) is 17.6 Å². The summed E-state index contributed by atoms with van der Waals surface area (Å²) in [5, 5.41) is 0. The van der Waals surface area contributed by atoms with Crippen LogP contribution in [0.4, 0.5) is 0 Å². The lowest BCUT2D eigenvalue weighted by Gasteiger charge is -2.04. The Morgan fingerprint density at radius 1 is 1.42 bits per heavy atom. The van der Waals surface area contributed by atoms with Crippen LogP contribution in [0.15, 0.2) is 18.2 Å². The minimum Gasteiger partial charge on any atom is -0.497 e. The van der Waals surface area contributed by atoms with Gasteiger partial charge in [-0.05, 0) is 47.9 Å². The van der Waals surface area contributed by atoms with E-state index in [2.05, 4.69) is 18.2 Å². The molecule has 0 spiro atoms. The van der Waals surface area contributed by atoms with Crippen molar-refractivity contribution in [2.45, 2.75) is 18.8 Å². The van der Waals surface area contributed by atoms with Gasteiger partial charge in [-0.1, -0.05) is 6.07 Å². The number of methoxy groups -OCH3 is 1. The van der Waals surface area contributed by atoms with Gasteiger partial charge in [-0.3, -0.25) is 0 Å². The van der Waals surface area contributed by atoms with Gasteiger partial charge in [-0.15, -0.1) is 0 Å². The quantitative estimate of drug-likeness (QED) is 0.612. The highest BCUT2D eigenvalue weighted by molar-refractivity contribution is 5.45. The van der Waals surface area contributed by atoms with Gasteiger partial charge in [0.2, 0.25) is 0 Å². The molecule has 0 heterocycles. The van der Waals surface area contributed by atoms with Crippen molar-refractivity contribution in [3.05, 3.63) is 29.3 Å². The first-order valence-electron chi connectivity index (χ1n) is 4.55. The van der Waals surface area contributed by atoms with E-state index in [0.29, 0.717) is 0 Å². The van der Waals surface area contributed by atoms with Crippen molar-refractivity contribution in [1.82, 2.24) is 0 Å². The van der Waals surface area contributed by atoms with E-state index in [4.69, 9.17) is 4.74 Å². The van der Waals surface area contributed by atoms with Gasteiger partial charge in [0.25, 0.3) is 0 Å². The minimum absolute atomic E-state index is 0.884. The first kappa shape index (κ1) is 6.53. The third kappa shape index (κ3) is 0.739. The second kappa shape index (κ2) is 2.03. The molecule has 62 valence electrons. The van der Waals surface area contributed by atoms with Gasteiger partial charge in [0.15, 0.2) is 0 Å². The summed E-state index contributed by atoms with van der Waals surface area (Å²) in [6, 6.07) is 6.51. The lowest BCUT2D eigenvalue weighted by molar-refractivity contribution is 0.414. The molecule has 2 aliphatic carbocycles. The van der Waals surface area contributed by atoms with E-state index in [-0.39, 0.29) is 0 Å². The van der Waals surface area contributed by atoms with E-state index >= 15 is 0 Å². The van der Waals surface area contributed by atoms with Crippen LogP contribution >= 0.6 is 0 Å². The number of fused-ring (bicyclic) bond motifs is 3. The van der Waals surface area contributed by atoms with Gasteiger partial charge in [0.1, 0.15) is 5.75 Å². The lowest BCUT2D eigenvalue weighted by Crippen LogP contribution is -1.88. The van der Waals surface area contributed by atoms with Crippen molar-refractivity contribution in [3.63, 3.8) is 0 Å². The monoisotopic (exact) mass is 160 g/mol. The normalized spacial score (nSPS) is 29.4. The maximum atomic E-state index is 5.21. The fourth-order valence-corrected chi connectivity index (χ4v) is 2.37. The molecule has 12 heavy (non-hydrogen) atoms. The predicted octanol–water partition coefficient (Wildman–Crippen LogP) is 2.35. The molecule has 2 atom stereocenters. The van der Waals surface area contributed by atoms with Crippen LogP contribution in [0.3, 0.4) is 0 Å². The van der Waals surface area contributed by atoms with Crippen molar-refractivity contribution < 1.29 is 4.74 Å². The highest BCUT2D eigenvalue weighted by Crippen LogP contribution is 2.56. The number of rotatable bonds is 1. The number of hydrogen-bond acceptors (Lipinski definition) is 1. The number of ether oxygens (including phenoxy) is 1. The van der Waals surface area contributed by atoms with Crippen LogP contribution in [-0.2, 0) is 6.42 Å². The minimum atomic E-state index is 0.884. The van der Waals surface area contributed by atoms with Crippen LogP contribution in [0.1, 0.15) is 23.5 Å². The van der Waals surface area contributed by atoms with Crippen molar-refractivity contribution >= 4 is 0 Å². The Bertz CT molecular complexity index is 330. The number of hydrogen-bond donors (Lipinski definition) is 0. The Hall–Kier alpha value is -0.980. The second-order valence-corrected chi connectivity index (χ2v) is 3.87. The van der Waals surface area contributed by atoms with Gasteiger partial charge in [-0.2, -0.15) is 0 Å². The summed E-state index contributed by atoms with van der Waals surface area (Å²) in [6.07, 6.45) is 2.73. The third-order valence-electron chi connectivity index (χ3n) is 3.16. The predicted molar refractivity (Wildman–Crippen MR) is 47.5 cm³/mol. The Morgan fingerprint density at radius 3 is 3.17 bits per heavy atom. The molecule has 1 nitrogen and oxygen atoms in total. The zero-order valence-corrected chi connectivity index (χ0v) is 7.21. The van der Waals surface area contributed by atoms with Crippen LogP contribution in [-0.4, -0.2) is 7.11 Å². The molecule has 0 aliphatic heterocycles. The Kier molecular flexibility index (Phi) is 1.11. The summed E-state index contributed by atoms with van der Waals surface area (Å²) in [7, 11) is 1.74. The molecule has 1 aromatic carbocycles. The molecular formula is C11H12O. The van der Waals surface area contributed by atoms with E-state index in [1.54, 1.807) is 18.2 Å². The van der Waals surface area contributed by atoms with E-state index in [1.165, 1.54) is 12.8 Å². The van der Waals surface area contributed by atoms with Crippen LogP contribution in [0.25, 0.3) is 0 Å². The largest absolute Gasteiger partial charge is 0.497 e. The molecular weight excluding hydrogens is 148 g/mol. The molecule has 0 N–H and O–H groups in total. The molecule has 2 unspecified atom stereocenters. The van der Waals surface area contributed by atoms with Crippen molar-refractivity contribution in [2.24, 2.45) is 5.92 Å². The molecule has 3 rings (SSSR count). The average Bonchev–Trinajstić information content (AvgIpc) is 2.79. The summed E-state index contributed by atoms with van der Waals surface area (Å²) >= 11 is 0. The van der Waals surface area contributed by atoms with E-state index in [1.807, 2.05) is 0 Å². The summed E-state index contributed by atoms with van der Waals surface area (Å²) in [6.45, 7) is 0. The van der Waals surface area contributed by atoms with Crippen LogP contribution in [0.5, 0.6) is 5.75 Å². The maximum absolute atomic E-state index is 5.21. The average molecular weight is 160 g/mol. The highest BCUT2D eigenvalue weighted by atomic mass is 16.5. The molecule has 0 aromatic heterocycles. The molecule has 0 amide bonds. The fraction of sp³-hybridized carbons (Fsp3) is 0.455. The Balaban J connectivity index is 2.09. The van der Waals surface area contributed by atoms with Crippen molar-refractivity contribution in [2.75, 3.05) is 7.11 Å². The highest BCUT2D eigenvalue weighted by Gasteiger charge is 2.44. The first-order valence-corrected chi connectivity index (χ1v) is 4.55. The summed E-state index contributed by atoms with van der Waals surface area (Å²) < 4.78 is 5.21. The van der Waals surface area contributed by atoms with Crippen LogP contribution < -0.4 is 4.74 Å². The summed E-state index contributed by atoms with van der Waals surface area (Å²) in [4.78, 5) is 0. The smallest absolute Gasteiger partial charge is 0.119 e. The second-order valence-electron chi connectivity index (χ2n) is 3.87. The summed E-state index contributed by atoms with van der Waals surface area (Å²) in [5.41, 5.74) is 3.11. The van der Waals surface area contributed by atoms with Gasteiger partial charge in [0.05, 0.1) is 7.11 Å². The molecule has 1 fully saturated rings. The van der Waals surface area contributed by atoms with Crippen LogP contribution in [0.2, 0.25) is 0 Å². The van der Waals surface area contributed by atoms with Gasteiger partial charge < -0.3 is 4.74 Å². The SMILES string of the molecule is COc1ccc2c(c1)C1CC1C2. The van der Waals surface area contributed by atoms with Crippen LogP contribution in [0, 0.1) is 5.92 Å². The van der Waals surface area contributed by atoms with Gasteiger partial charge in [0, 0.05) is 0 Å². The van der Waals surface area contributed by atoms with E-state index < -0.39 is 0 Å². The molecule has 1 aromatic rings. The Morgan fingerprint density at radius 2 is 2.33 bits per heavy atom. The lowest BCUT2D eigenvalue weighted by atomic mass is 10.1. The maximum Gasteiger partial charge on any atom is 0.119 e. The first-order chi connectivity index (χ1) is 5.88. The van der Waals surface area contributed by atoms with Gasteiger partial charge >= 0.3 is 0 Å². The number of benzene rings is 1. The topological polar surface area (TPSA) is 9.23 Å². The van der Waals surface area contributed by atoms with Crippen molar-refractivity contribution in [3.8, 4) is 5.75 Å². The molecule has 1 heteroatoms. The van der Waals surface area contributed by atoms with E-state index in [9.17, 15) is 0 Å².